The predicted octanol–water partition coefficient (Wildman–Crippen LogP) is 7.12. The van der Waals surface area contributed by atoms with E-state index in [2.05, 4.69) is 45.6 Å². The first kappa shape index (κ1) is 22.9. The van der Waals surface area contributed by atoms with Gasteiger partial charge in [-0.2, -0.15) is 10.4 Å². The molecule has 31 heavy (non-hydrogen) atoms. The van der Waals surface area contributed by atoms with Crippen LogP contribution >= 0.6 is 0 Å². The molecule has 10 atom stereocenters. The Morgan fingerprint density at radius 2 is 1.90 bits per heavy atom. The molecule has 0 spiro atoms. The molecule has 0 heterocycles. The Balaban J connectivity index is 1.50. The van der Waals surface area contributed by atoms with E-state index in [0.29, 0.717) is 16.9 Å². The molecule has 0 aromatic rings. The summed E-state index contributed by atoms with van der Waals surface area (Å²) >= 11 is 0. The van der Waals surface area contributed by atoms with Crippen LogP contribution in [-0.4, -0.2) is 18.3 Å². The van der Waals surface area contributed by atoms with Gasteiger partial charge in [0.05, 0.1) is 6.07 Å². The van der Waals surface area contributed by atoms with Crippen molar-refractivity contribution in [2.75, 3.05) is 6.54 Å². The lowest BCUT2D eigenvalue weighted by Gasteiger charge is -2.57. The topological polar surface area (TPSA) is 39.4 Å². The minimum absolute atomic E-state index is 0.468. The van der Waals surface area contributed by atoms with E-state index in [1.807, 2.05) is 18.1 Å². The molecule has 0 aromatic heterocycles. The molecule has 0 aromatic carbocycles. The molecule has 0 N–H and O–H groups in total. The molecule has 0 amide bonds. The van der Waals surface area contributed by atoms with Crippen LogP contribution in [0.25, 0.3) is 0 Å². The minimum Gasteiger partial charge on any atom is -0.272 e. The summed E-state index contributed by atoms with van der Waals surface area (Å²) in [6.07, 6.45) is 13.6. The van der Waals surface area contributed by atoms with Gasteiger partial charge in [0, 0.05) is 25.0 Å². The van der Waals surface area contributed by atoms with Crippen LogP contribution in [0.3, 0.4) is 0 Å². The lowest BCUT2D eigenvalue weighted by Crippen LogP contribution is -2.50. The van der Waals surface area contributed by atoms with E-state index in [4.69, 9.17) is 5.26 Å². The van der Waals surface area contributed by atoms with Crippen LogP contribution in [0, 0.1) is 70.0 Å². The first-order chi connectivity index (χ1) is 14.8. The molecule has 4 saturated carbocycles. The van der Waals surface area contributed by atoms with Crippen molar-refractivity contribution in [2.24, 2.45) is 63.8 Å². The van der Waals surface area contributed by atoms with Gasteiger partial charge in [0.15, 0.2) is 0 Å². The number of nitriles is 1. The molecule has 0 aliphatic heterocycles. The molecule has 4 aliphatic rings. The fraction of sp³-hybridized carbons (Fsp3) is 0.857. The van der Waals surface area contributed by atoms with E-state index in [1.165, 1.54) is 51.4 Å². The first-order valence-electron chi connectivity index (χ1n) is 13.1. The Bertz CT molecular complexity index is 735. The number of nitrogens with zero attached hydrogens (tertiary/aromatic N) is 3. The highest BCUT2D eigenvalue weighted by atomic mass is 15.4. The molecule has 0 saturated heterocycles. The van der Waals surface area contributed by atoms with Crippen LogP contribution in [-0.2, 0) is 0 Å². The highest BCUT2D eigenvalue weighted by Crippen LogP contribution is 2.67. The third-order valence-electron chi connectivity index (χ3n) is 10.5. The Hall–Kier alpha value is -1.30. The van der Waals surface area contributed by atoms with Gasteiger partial charge in [0.2, 0.25) is 0 Å². The van der Waals surface area contributed by atoms with Gasteiger partial charge in [-0.05, 0) is 111 Å². The number of fused-ring (bicyclic) bond motifs is 5. The lowest BCUT2D eigenvalue weighted by atomic mass is 9.48. The number of hydrazone groups is 1. The Labute approximate surface area is 191 Å². The second-order valence-corrected chi connectivity index (χ2v) is 12.3. The summed E-state index contributed by atoms with van der Waals surface area (Å²) < 4.78 is 0. The van der Waals surface area contributed by atoms with Gasteiger partial charge in [-0.25, -0.2) is 0 Å². The molecule has 4 rings (SSSR count). The number of rotatable bonds is 5. The summed E-state index contributed by atoms with van der Waals surface area (Å²) in [5.74, 6) is 8.05. The lowest BCUT2D eigenvalue weighted by molar-refractivity contribution is -0.0818. The molecule has 4 fully saturated rings. The Kier molecular flexibility index (Phi) is 6.58. The van der Waals surface area contributed by atoms with Gasteiger partial charge in [-0.15, -0.1) is 0 Å². The van der Waals surface area contributed by atoms with E-state index in [9.17, 15) is 0 Å². The zero-order chi connectivity index (χ0) is 22.3. The maximum Gasteiger partial charge on any atom is 0.0960 e. The molecule has 172 valence electrons. The van der Waals surface area contributed by atoms with Crippen molar-refractivity contribution in [1.29, 1.82) is 5.26 Å². The Morgan fingerprint density at radius 3 is 2.61 bits per heavy atom. The fourth-order valence-corrected chi connectivity index (χ4v) is 9.39. The molecule has 0 radical (unpaired) electrons. The largest absolute Gasteiger partial charge is 0.272 e. The Morgan fingerprint density at radius 1 is 1.16 bits per heavy atom. The molecular formula is C28H45N3. The van der Waals surface area contributed by atoms with Gasteiger partial charge in [-0.1, -0.05) is 34.1 Å². The van der Waals surface area contributed by atoms with Gasteiger partial charge in [-0.3, -0.25) is 5.01 Å². The number of hydrogen-bond donors (Lipinski definition) is 0. The van der Waals surface area contributed by atoms with Crippen molar-refractivity contribution in [2.45, 2.75) is 86.0 Å². The monoisotopic (exact) mass is 423 g/mol. The highest BCUT2D eigenvalue weighted by molar-refractivity contribution is 5.24. The summed E-state index contributed by atoms with van der Waals surface area (Å²) in [4.78, 5) is 0. The maximum atomic E-state index is 9.15. The van der Waals surface area contributed by atoms with Crippen molar-refractivity contribution < 1.29 is 0 Å². The number of allylic oxidation sites excluding steroid dienone is 1. The van der Waals surface area contributed by atoms with Gasteiger partial charge >= 0.3 is 0 Å². The van der Waals surface area contributed by atoms with Crippen LogP contribution in [0.4, 0.5) is 0 Å². The van der Waals surface area contributed by atoms with Crippen LogP contribution in [0.5, 0.6) is 0 Å². The average Bonchev–Trinajstić information content (AvgIpc) is 3.03. The van der Waals surface area contributed by atoms with E-state index < -0.39 is 0 Å². The molecule has 0 bridgehead atoms. The second-order valence-electron chi connectivity index (χ2n) is 12.3. The SMILES string of the molecule is C=NN(/C=C(\C)C#N)CC(C)C1CC(C)C2C3CCC4CC(C)CCC4C3CCC12C. The van der Waals surface area contributed by atoms with Gasteiger partial charge in [0.1, 0.15) is 0 Å². The van der Waals surface area contributed by atoms with Crippen molar-refractivity contribution in [1.82, 2.24) is 5.01 Å². The normalized spacial score (nSPS) is 45.6. The van der Waals surface area contributed by atoms with E-state index in [-0.39, 0.29) is 0 Å². The zero-order valence-electron chi connectivity index (χ0n) is 20.7. The summed E-state index contributed by atoms with van der Waals surface area (Å²) in [5.41, 5.74) is 1.16. The van der Waals surface area contributed by atoms with E-state index in [0.717, 1.165) is 53.9 Å². The van der Waals surface area contributed by atoms with Crippen molar-refractivity contribution in [3.05, 3.63) is 11.8 Å². The number of hydrogen-bond acceptors (Lipinski definition) is 3. The summed E-state index contributed by atoms with van der Waals surface area (Å²) in [6.45, 7) is 16.6. The summed E-state index contributed by atoms with van der Waals surface area (Å²) in [7, 11) is 0. The standard InChI is InChI=1S/C28H45N3/c1-18-7-9-23-22(13-18)8-10-25-24(23)11-12-28(5)26(14-20(3)27(25)28)21(4)17-31(30-6)16-19(2)15-29/h16,18,20-27H,6-14,17H2,1-5H3/b19-16+. The molecule has 4 aliphatic carbocycles. The highest BCUT2D eigenvalue weighted by Gasteiger charge is 2.59. The van der Waals surface area contributed by atoms with E-state index >= 15 is 0 Å². The fourth-order valence-electron chi connectivity index (χ4n) is 9.39. The third-order valence-corrected chi connectivity index (χ3v) is 10.5. The van der Waals surface area contributed by atoms with Crippen LogP contribution < -0.4 is 0 Å². The molecule has 10 unspecified atom stereocenters. The second kappa shape index (κ2) is 8.92. The predicted molar refractivity (Wildman–Crippen MR) is 129 cm³/mol. The van der Waals surface area contributed by atoms with E-state index in [1.54, 1.807) is 0 Å². The van der Waals surface area contributed by atoms with Crippen LogP contribution in [0.1, 0.15) is 86.0 Å². The average molecular weight is 424 g/mol. The first-order valence-corrected chi connectivity index (χ1v) is 13.1. The quantitative estimate of drug-likeness (QED) is 0.268. The van der Waals surface area contributed by atoms with Crippen LogP contribution in [0.2, 0.25) is 0 Å². The smallest absolute Gasteiger partial charge is 0.0960 e. The summed E-state index contributed by atoms with van der Waals surface area (Å²) in [5, 5.41) is 15.3. The van der Waals surface area contributed by atoms with Crippen molar-refractivity contribution in [3.8, 4) is 6.07 Å². The summed E-state index contributed by atoms with van der Waals surface area (Å²) in [6, 6.07) is 2.22. The third kappa shape index (κ3) is 4.09. The maximum absolute atomic E-state index is 9.15. The van der Waals surface area contributed by atoms with Crippen molar-refractivity contribution >= 4 is 6.72 Å². The minimum atomic E-state index is 0.468. The molecule has 3 nitrogen and oxygen atoms in total. The molecular weight excluding hydrogens is 378 g/mol. The van der Waals surface area contributed by atoms with Crippen LogP contribution in [0.15, 0.2) is 16.9 Å². The zero-order valence-corrected chi connectivity index (χ0v) is 20.7. The van der Waals surface area contributed by atoms with Gasteiger partial charge < -0.3 is 0 Å². The van der Waals surface area contributed by atoms with Crippen molar-refractivity contribution in [3.63, 3.8) is 0 Å². The van der Waals surface area contributed by atoms with Gasteiger partial charge in [0.25, 0.3) is 0 Å². The molecule has 3 heteroatoms.